The second-order valence-corrected chi connectivity index (χ2v) is 5.79. The lowest BCUT2D eigenvalue weighted by atomic mass is 10.1. The average molecular weight is 298 g/mol. The van der Waals surface area contributed by atoms with E-state index in [2.05, 4.69) is 10.6 Å². The van der Waals surface area contributed by atoms with E-state index in [1.807, 2.05) is 36.3 Å². The van der Waals surface area contributed by atoms with Crippen molar-refractivity contribution in [2.24, 2.45) is 7.05 Å². The molecule has 0 aliphatic carbocycles. The molecule has 0 spiro atoms. The molecular weight excluding hydrogens is 276 g/mol. The highest BCUT2D eigenvalue weighted by Gasteiger charge is 2.26. The molecule has 0 bridgehead atoms. The van der Waals surface area contributed by atoms with Crippen molar-refractivity contribution in [1.29, 1.82) is 0 Å². The molecule has 116 valence electrons. The summed E-state index contributed by atoms with van der Waals surface area (Å²) in [5.41, 5.74) is 1.21. The van der Waals surface area contributed by atoms with E-state index in [0.717, 1.165) is 19.4 Å². The van der Waals surface area contributed by atoms with Gasteiger partial charge in [-0.1, -0.05) is 12.8 Å². The van der Waals surface area contributed by atoms with Crippen LogP contribution in [0, 0.1) is 0 Å². The van der Waals surface area contributed by atoms with Crippen LogP contribution in [-0.4, -0.2) is 21.9 Å². The molecule has 1 amide bonds. The van der Waals surface area contributed by atoms with E-state index in [-0.39, 0.29) is 11.9 Å². The maximum absolute atomic E-state index is 12.7. The molecule has 1 unspecified atom stereocenters. The fourth-order valence-corrected chi connectivity index (χ4v) is 3.14. The van der Waals surface area contributed by atoms with Gasteiger partial charge >= 0.3 is 0 Å². The number of carbonyl (C=O) groups excluding carboxylic acids is 1. The largest absolute Gasteiger partial charge is 0.465 e. The monoisotopic (exact) mass is 298 g/mol. The number of hydrogen-bond donors (Lipinski definition) is 0. The molecule has 4 heteroatoms. The Kier molecular flexibility index (Phi) is 4.47. The van der Waals surface area contributed by atoms with Crippen molar-refractivity contribution < 1.29 is 9.21 Å². The normalized spacial score (nSPS) is 19.5. The Labute approximate surface area is 131 Å². The van der Waals surface area contributed by atoms with E-state index < -0.39 is 0 Å². The molecule has 0 radical (unpaired) electrons. The van der Waals surface area contributed by atoms with Crippen molar-refractivity contribution >= 4 is 12.0 Å². The van der Waals surface area contributed by atoms with Crippen molar-refractivity contribution in [1.82, 2.24) is 9.47 Å². The Hall–Kier alpha value is -2.23. The number of aryl methyl sites for hydroxylation is 1. The first-order chi connectivity index (χ1) is 10.8. The molecule has 2 aromatic heterocycles. The average Bonchev–Trinajstić information content (AvgIpc) is 3.12. The van der Waals surface area contributed by atoms with Crippen molar-refractivity contribution in [3.63, 3.8) is 0 Å². The lowest BCUT2D eigenvalue weighted by Gasteiger charge is -2.29. The minimum Gasteiger partial charge on any atom is -0.465 e. The minimum absolute atomic E-state index is 0.0597. The van der Waals surface area contributed by atoms with Crippen LogP contribution in [0.3, 0.4) is 0 Å². The summed E-state index contributed by atoms with van der Waals surface area (Å²) in [5.74, 6) is 0.767. The lowest BCUT2D eigenvalue weighted by Crippen LogP contribution is -2.34. The summed E-state index contributed by atoms with van der Waals surface area (Å²) in [6, 6.07) is 7.99. The van der Waals surface area contributed by atoms with Crippen LogP contribution in [0.2, 0.25) is 0 Å². The Morgan fingerprint density at radius 3 is 2.91 bits per heavy atom. The zero-order valence-electron chi connectivity index (χ0n) is 12.9. The van der Waals surface area contributed by atoms with Crippen LogP contribution in [0.5, 0.6) is 0 Å². The second kappa shape index (κ2) is 6.69. The molecule has 1 saturated heterocycles. The van der Waals surface area contributed by atoms with Gasteiger partial charge in [0.1, 0.15) is 5.76 Å². The first-order valence-corrected chi connectivity index (χ1v) is 7.89. The molecule has 3 rings (SSSR count). The fourth-order valence-electron chi connectivity index (χ4n) is 3.14. The van der Waals surface area contributed by atoms with Gasteiger partial charge in [0, 0.05) is 31.6 Å². The molecule has 0 saturated carbocycles. The second-order valence-electron chi connectivity index (χ2n) is 5.79. The van der Waals surface area contributed by atoms with Crippen LogP contribution >= 0.6 is 0 Å². The standard InChI is InChI=1S/C18H22N2O2/c1-19-12-5-9-16(19)17-8-3-2-4-13-20(17)18(21)11-10-15-7-6-14-22-15/h5-7,9-12,14,17H,2-4,8,13H2,1H3/b11-10+. The van der Waals surface area contributed by atoms with Crippen LogP contribution < -0.4 is 0 Å². The van der Waals surface area contributed by atoms with Gasteiger partial charge in [0.05, 0.1) is 12.3 Å². The maximum Gasteiger partial charge on any atom is 0.247 e. The molecule has 1 atom stereocenters. The summed E-state index contributed by atoms with van der Waals surface area (Å²) in [6.07, 6.45) is 11.5. The van der Waals surface area contributed by atoms with E-state index in [1.54, 1.807) is 18.4 Å². The van der Waals surface area contributed by atoms with Gasteiger partial charge in [-0.3, -0.25) is 4.79 Å². The van der Waals surface area contributed by atoms with Crippen LogP contribution in [0.25, 0.3) is 6.08 Å². The quantitative estimate of drug-likeness (QED) is 0.809. The van der Waals surface area contributed by atoms with E-state index in [1.165, 1.54) is 18.5 Å². The van der Waals surface area contributed by atoms with Gasteiger partial charge in [0.25, 0.3) is 0 Å². The number of rotatable bonds is 3. The third-order valence-corrected chi connectivity index (χ3v) is 4.29. The molecule has 0 aromatic carbocycles. The van der Waals surface area contributed by atoms with Crippen molar-refractivity contribution in [2.45, 2.75) is 31.7 Å². The highest BCUT2D eigenvalue weighted by atomic mass is 16.3. The SMILES string of the molecule is Cn1cccc1C1CCCCCN1C(=O)/C=C/c1ccco1. The Bertz CT molecular complexity index is 640. The van der Waals surface area contributed by atoms with E-state index >= 15 is 0 Å². The van der Waals surface area contributed by atoms with Gasteiger partial charge in [0.2, 0.25) is 5.91 Å². The topological polar surface area (TPSA) is 38.4 Å². The predicted octanol–water partition coefficient (Wildman–Crippen LogP) is 3.78. The van der Waals surface area contributed by atoms with E-state index in [0.29, 0.717) is 5.76 Å². The number of amides is 1. The van der Waals surface area contributed by atoms with Gasteiger partial charge in [0.15, 0.2) is 0 Å². The third kappa shape index (κ3) is 3.16. The first-order valence-electron chi connectivity index (χ1n) is 7.89. The summed E-state index contributed by atoms with van der Waals surface area (Å²) in [4.78, 5) is 14.7. The van der Waals surface area contributed by atoms with Gasteiger partial charge in [-0.05, 0) is 43.2 Å². The fraction of sp³-hybridized carbons (Fsp3) is 0.389. The number of nitrogens with zero attached hydrogens (tertiary/aromatic N) is 2. The van der Waals surface area contributed by atoms with Crippen LogP contribution in [0.15, 0.2) is 47.2 Å². The van der Waals surface area contributed by atoms with Gasteiger partial charge in [-0.25, -0.2) is 0 Å². The Morgan fingerprint density at radius 1 is 1.27 bits per heavy atom. The minimum atomic E-state index is 0.0597. The zero-order chi connectivity index (χ0) is 15.4. The molecule has 1 fully saturated rings. The molecule has 1 aliphatic rings. The van der Waals surface area contributed by atoms with Gasteiger partial charge in [-0.15, -0.1) is 0 Å². The van der Waals surface area contributed by atoms with E-state index in [4.69, 9.17) is 4.42 Å². The molecule has 22 heavy (non-hydrogen) atoms. The third-order valence-electron chi connectivity index (χ3n) is 4.29. The number of carbonyl (C=O) groups is 1. The molecule has 0 N–H and O–H groups in total. The lowest BCUT2D eigenvalue weighted by molar-refractivity contribution is -0.128. The van der Waals surface area contributed by atoms with Crippen LogP contribution in [-0.2, 0) is 11.8 Å². The summed E-state index contributed by atoms with van der Waals surface area (Å²) < 4.78 is 7.37. The number of likely N-dealkylation sites (tertiary alicyclic amines) is 1. The van der Waals surface area contributed by atoms with Crippen LogP contribution in [0.1, 0.15) is 43.2 Å². The summed E-state index contributed by atoms with van der Waals surface area (Å²) >= 11 is 0. The maximum atomic E-state index is 12.7. The van der Waals surface area contributed by atoms with Crippen molar-refractivity contribution in [3.05, 3.63) is 54.3 Å². The highest BCUT2D eigenvalue weighted by Crippen LogP contribution is 2.30. The summed E-state index contributed by atoms with van der Waals surface area (Å²) in [6.45, 7) is 0.817. The Balaban J connectivity index is 1.81. The molecule has 1 aliphatic heterocycles. The molecular formula is C18H22N2O2. The molecule has 2 aromatic rings. The van der Waals surface area contributed by atoms with Crippen molar-refractivity contribution in [3.8, 4) is 0 Å². The number of furan rings is 1. The Morgan fingerprint density at radius 2 is 2.18 bits per heavy atom. The van der Waals surface area contributed by atoms with Gasteiger partial charge in [-0.2, -0.15) is 0 Å². The van der Waals surface area contributed by atoms with Gasteiger partial charge < -0.3 is 13.9 Å². The summed E-state index contributed by atoms with van der Waals surface area (Å²) in [7, 11) is 2.04. The smallest absolute Gasteiger partial charge is 0.247 e. The highest BCUT2D eigenvalue weighted by molar-refractivity contribution is 5.91. The predicted molar refractivity (Wildman–Crippen MR) is 86.1 cm³/mol. The summed E-state index contributed by atoms with van der Waals surface area (Å²) in [5, 5.41) is 0. The van der Waals surface area contributed by atoms with E-state index in [9.17, 15) is 4.79 Å². The number of aromatic nitrogens is 1. The molecule has 4 nitrogen and oxygen atoms in total. The molecule has 3 heterocycles. The van der Waals surface area contributed by atoms with Crippen molar-refractivity contribution in [2.75, 3.05) is 6.54 Å². The number of hydrogen-bond acceptors (Lipinski definition) is 2. The zero-order valence-corrected chi connectivity index (χ0v) is 12.9. The van der Waals surface area contributed by atoms with Crippen LogP contribution in [0.4, 0.5) is 0 Å². The first kappa shape index (κ1) is 14.7.